The number of piperidine rings is 1. The van der Waals surface area contributed by atoms with Crippen LogP contribution in [-0.2, 0) is 0 Å². The number of nitrogens with two attached hydrogens (primary N) is 1. The third-order valence-electron chi connectivity index (χ3n) is 3.54. The second-order valence-electron chi connectivity index (χ2n) is 4.64. The number of likely N-dealkylation sites (tertiary alicyclic amines) is 1. The van der Waals surface area contributed by atoms with Crippen LogP contribution in [0.25, 0.3) is 0 Å². The molecule has 2 N–H and O–H groups in total. The molecule has 1 fully saturated rings. The van der Waals surface area contributed by atoms with Crippen LogP contribution in [-0.4, -0.2) is 40.6 Å². The van der Waals surface area contributed by atoms with Crippen molar-refractivity contribution in [3.05, 3.63) is 24.0 Å². The monoisotopic (exact) mass is 234 g/mol. The van der Waals surface area contributed by atoms with Gasteiger partial charge in [0.1, 0.15) is 0 Å². The molecular formula is C12H18N4O. The molecule has 0 aromatic carbocycles. The highest BCUT2D eigenvalue weighted by molar-refractivity contribution is 5.93. The summed E-state index contributed by atoms with van der Waals surface area (Å²) in [5, 5.41) is 7.41. The minimum atomic E-state index is 0.0326. The Balaban J connectivity index is 2.06. The summed E-state index contributed by atoms with van der Waals surface area (Å²) < 4.78 is 0. The first kappa shape index (κ1) is 12.0. The average molecular weight is 234 g/mol. The number of rotatable bonds is 2. The van der Waals surface area contributed by atoms with E-state index >= 15 is 0 Å². The van der Waals surface area contributed by atoms with Gasteiger partial charge in [-0.05, 0) is 30.9 Å². The normalized spacial score (nSPS) is 24.7. The van der Waals surface area contributed by atoms with Crippen molar-refractivity contribution in [1.82, 2.24) is 15.1 Å². The molecule has 92 valence electrons. The number of hydrogen-bond acceptors (Lipinski definition) is 4. The molecular weight excluding hydrogens is 216 g/mol. The molecule has 2 atom stereocenters. The minimum absolute atomic E-state index is 0.0326. The fourth-order valence-corrected chi connectivity index (χ4v) is 2.24. The standard InChI is InChI=1S/C12H18N4O/c1-9-3-5-16(8-11(9)6-13)12(17)10-2-4-14-15-7-10/h2,4,7,9,11H,3,5-6,8,13H2,1H3. The van der Waals surface area contributed by atoms with Gasteiger partial charge in [-0.3, -0.25) is 4.79 Å². The van der Waals surface area contributed by atoms with Crippen LogP contribution >= 0.6 is 0 Å². The van der Waals surface area contributed by atoms with E-state index in [1.54, 1.807) is 12.3 Å². The molecule has 1 aliphatic heterocycles. The molecule has 5 nitrogen and oxygen atoms in total. The quantitative estimate of drug-likeness (QED) is 0.810. The molecule has 1 saturated heterocycles. The highest BCUT2D eigenvalue weighted by Gasteiger charge is 2.28. The fourth-order valence-electron chi connectivity index (χ4n) is 2.24. The summed E-state index contributed by atoms with van der Waals surface area (Å²) in [4.78, 5) is 14.1. The third kappa shape index (κ3) is 2.61. The maximum Gasteiger partial charge on any atom is 0.255 e. The van der Waals surface area contributed by atoms with Crippen LogP contribution in [0.1, 0.15) is 23.7 Å². The Morgan fingerprint density at radius 1 is 1.59 bits per heavy atom. The van der Waals surface area contributed by atoms with Crippen molar-refractivity contribution < 1.29 is 4.79 Å². The first-order chi connectivity index (χ1) is 8.22. The number of carbonyl (C=O) groups excluding carboxylic acids is 1. The van der Waals surface area contributed by atoms with Crippen LogP contribution in [0.3, 0.4) is 0 Å². The van der Waals surface area contributed by atoms with E-state index < -0.39 is 0 Å². The molecule has 0 aliphatic carbocycles. The molecule has 0 saturated carbocycles. The molecule has 0 radical (unpaired) electrons. The van der Waals surface area contributed by atoms with Gasteiger partial charge < -0.3 is 10.6 Å². The van der Waals surface area contributed by atoms with E-state index in [2.05, 4.69) is 17.1 Å². The second kappa shape index (κ2) is 5.23. The topological polar surface area (TPSA) is 72.1 Å². The first-order valence-corrected chi connectivity index (χ1v) is 5.98. The van der Waals surface area contributed by atoms with Gasteiger partial charge in [0.25, 0.3) is 5.91 Å². The van der Waals surface area contributed by atoms with Crippen molar-refractivity contribution in [3.8, 4) is 0 Å². The molecule has 1 aromatic heterocycles. The van der Waals surface area contributed by atoms with E-state index in [1.807, 2.05) is 4.90 Å². The lowest BCUT2D eigenvalue weighted by Gasteiger charge is -2.36. The molecule has 1 aliphatic rings. The summed E-state index contributed by atoms with van der Waals surface area (Å²) in [5.74, 6) is 1.03. The summed E-state index contributed by atoms with van der Waals surface area (Å²) in [5.41, 5.74) is 6.34. The number of amides is 1. The highest BCUT2D eigenvalue weighted by Crippen LogP contribution is 2.23. The number of carbonyl (C=O) groups is 1. The number of nitrogens with zero attached hydrogens (tertiary/aromatic N) is 3. The Hall–Kier alpha value is -1.49. The summed E-state index contributed by atoms with van der Waals surface area (Å²) in [7, 11) is 0. The molecule has 2 unspecified atom stereocenters. The van der Waals surface area contributed by atoms with E-state index in [1.165, 1.54) is 6.20 Å². The molecule has 2 heterocycles. The van der Waals surface area contributed by atoms with Gasteiger partial charge in [0, 0.05) is 13.1 Å². The van der Waals surface area contributed by atoms with Crippen LogP contribution in [0.2, 0.25) is 0 Å². The highest BCUT2D eigenvalue weighted by atomic mass is 16.2. The molecule has 17 heavy (non-hydrogen) atoms. The van der Waals surface area contributed by atoms with E-state index in [9.17, 15) is 4.79 Å². The Kier molecular flexibility index (Phi) is 3.68. The van der Waals surface area contributed by atoms with Crippen LogP contribution in [0.5, 0.6) is 0 Å². The van der Waals surface area contributed by atoms with Gasteiger partial charge >= 0.3 is 0 Å². The second-order valence-corrected chi connectivity index (χ2v) is 4.64. The third-order valence-corrected chi connectivity index (χ3v) is 3.54. The van der Waals surface area contributed by atoms with Crippen LogP contribution < -0.4 is 5.73 Å². The Labute approximate surface area is 101 Å². The molecule has 0 bridgehead atoms. The Morgan fingerprint density at radius 2 is 2.41 bits per heavy atom. The first-order valence-electron chi connectivity index (χ1n) is 5.98. The summed E-state index contributed by atoms with van der Waals surface area (Å²) in [6.07, 6.45) is 4.07. The van der Waals surface area contributed by atoms with Crippen molar-refractivity contribution in [3.63, 3.8) is 0 Å². The SMILES string of the molecule is CC1CCN(C(=O)c2ccnnc2)CC1CN. The van der Waals surface area contributed by atoms with Gasteiger partial charge in [-0.25, -0.2) is 0 Å². The van der Waals surface area contributed by atoms with E-state index in [0.717, 1.165) is 19.5 Å². The largest absolute Gasteiger partial charge is 0.338 e. The zero-order valence-corrected chi connectivity index (χ0v) is 10.0. The lowest BCUT2D eigenvalue weighted by Crippen LogP contribution is -2.45. The summed E-state index contributed by atoms with van der Waals surface area (Å²) in [6, 6.07) is 1.70. The Bertz CT molecular complexity index is 381. The van der Waals surface area contributed by atoms with Gasteiger partial charge in [0.05, 0.1) is 18.0 Å². The van der Waals surface area contributed by atoms with E-state index in [-0.39, 0.29) is 5.91 Å². The van der Waals surface area contributed by atoms with Crippen molar-refractivity contribution in [2.75, 3.05) is 19.6 Å². The van der Waals surface area contributed by atoms with Gasteiger partial charge in [-0.15, -0.1) is 0 Å². The van der Waals surface area contributed by atoms with Crippen molar-refractivity contribution >= 4 is 5.91 Å². The van der Waals surface area contributed by atoms with E-state index in [4.69, 9.17) is 5.73 Å². The molecule has 1 amide bonds. The minimum Gasteiger partial charge on any atom is -0.338 e. The predicted octanol–water partition coefficient (Wildman–Crippen LogP) is 0.534. The lowest BCUT2D eigenvalue weighted by atomic mass is 9.87. The van der Waals surface area contributed by atoms with Gasteiger partial charge in [-0.2, -0.15) is 10.2 Å². The van der Waals surface area contributed by atoms with Crippen LogP contribution in [0.4, 0.5) is 0 Å². The lowest BCUT2D eigenvalue weighted by molar-refractivity contribution is 0.0618. The maximum absolute atomic E-state index is 12.2. The molecule has 0 spiro atoms. The maximum atomic E-state index is 12.2. The number of hydrogen-bond donors (Lipinski definition) is 1. The predicted molar refractivity (Wildman–Crippen MR) is 64.3 cm³/mol. The van der Waals surface area contributed by atoms with Crippen molar-refractivity contribution in [2.24, 2.45) is 17.6 Å². The zero-order valence-electron chi connectivity index (χ0n) is 10.0. The fraction of sp³-hybridized carbons (Fsp3) is 0.583. The smallest absolute Gasteiger partial charge is 0.255 e. The average Bonchev–Trinajstić information content (AvgIpc) is 2.39. The van der Waals surface area contributed by atoms with Crippen LogP contribution in [0.15, 0.2) is 18.5 Å². The molecule has 2 rings (SSSR count). The van der Waals surface area contributed by atoms with Crippen LogP contribution in [0, 0.1) is 11.8 Å². The van der Waals surface area contributed by atoms with Gasteiger partial charge in [-0.1, -0.05) is 6.92 Å². The van der Waals surface area contributed by atoms with Crippen molar-refractivity contribution in [2.45, 2.75) is 13.3 Å². The summed E-state index contributed by atoms with van der Waals surface area (Å²) in [6.45, 7) is 4.39. The van der Waals surface area contributed by atoms with Gasteiger partial charge in [0.15, 0.2) is 0 Å². The van der Waals surface area contributed by atoms with Crippen molar-refractivity contribution in [1.29, 1.82) is 0 Å². The molecule has 5 heteroatoms. The Morgan fingerprint density at radius 3 is 3.06 bits per heavy atom. The summed E-state index contributed by atoms with van der Waals surface area (Å²) >= 11 is 0. The van der Waals surface area contributed by atoms with Gasteiger partial charge in [0.2, 0.25) is 0 Å². The zero-order chi connectivity index (χ0) is 12.3. The number of aromatic nitrogens is 2. The van der Waals surface area contributed by atoms with E-state index in [0.29, 0.717) is 23.9 Å². The molecule has 1 aromatic rings.